The lowest BCUT2D eigenvalue weighted by atomic mass is 10.1. The lowest BCUT2D eigenvalue weighted by Gasteiger charge is -2.15. The normalized spacial score (nSPS) is 10.9. The first kappa shape index (κ1) is 20.7. The summed E-state index contributed by atoms with van der Waals surface area (Å²) in [6.07, 6.45) is 0. The van der Waals surface area contributed by atoms with E-state index in [1.54, 1.807) is 34.2 Å². The number of hydrogen-bond donors (Lipinski definition) is 1. The molecule has 0 bridgehead atoms. The Balaban J connectivity index is 1.81. The number of hydrogen-bond acceptors (Lipinski definition) is 7. The standard InChI is InChI=1S/C22H22N4O4S/c1-12-19-14(11-15(18-7-6-8-31-18)24-21(19)26(2)25-12)22(27)23-13-9-16(28-3)20(30-5)17(10-13)29-4/h6-11H,1-5H3,(H,23,27). The third-order valence-corrected chi connectivity index (χ3v) is 5.80. The van der Waals surface area contributed by atoms with Gasteiger partial charge in [-0.25, -0.2) is 4.98 Å². The summed E-state index contributed by atoms with van der Waals surface area (Å²) in [5.41, 5.74) is 3.12. The Hall–Kier alpha value is -3.59. The molecule has 0 fully saturated rings. The van der Waals surface area contributed by atoms with Crippen molar-refractivity contribution in [3.63, 3.8) is 0 Å². The number of fused-ring (bicyclic) bond motifs is 1. The second-order valence-electron chi connectivity index (χ2n) is 6.81. The van der Waals surface area contributed by atoms with Crippen LogP contribution in [0.1, 0.15) is 16.1 Å². The van der Waals surface area contributed by atoms with Gasteiger partial charge in [0.2, 0.25) is 5.75 Å². The van der Waals surface area contributed by atoms with Gasteiger partial charge in [0.1, 0.15) is 0 Å². The van der Waals surface area contributed by atoms with Gasteiger partial charge in [0.15, 0.2) is 17.1 Å². The molecule has 0 radical (unpaired) electrons. The number of aryl methyl sites for hydroxylation is 2. The molecule has 0 spiro atoms. The number of ether oxygens (including phenoxy) is 3. The Bertz CT molecular complexity index is 1240. The van der Waals surface area contributed by atoms with Crippen LogP contribution in [-0.4, -0.2) is 42.0 Å². The van der Waals surface area contributed by atoms with E-state index in [4.69, 9.17) is 19.2 Å². The highest BCUT2D eigenvalue weighted by Gasteiger charge is 2.21. The molecule has 0 atom stereocenters. The second kappa shape index (κ2) is 8.27. The van der Waals surface area contributed by atoms with E-state index >= 15 is 0 Å². The van der Waals surface area contributed by atoms with Crippen LogP contribution >= 0.6 is 11.3 Å². The predicted molar refractivity (Wildman–Crippen MR) is 121 cm³/mol. The zero-order valence-corrected chi connectivity index (χ0v) is 18.7. The van der Waals surface area contributed by atoms with E-state index in [-0.39, 0.29) is 5.91 Å². The summed E-state index contributed by atoms with van der Waals surface area (Å²) < 4.78 is 17.8. The third kappa shape index (κ3) is 3.68. The van der Waals surface area contributed by atoms with Crippen molar-refractivity contribution < 1.29 is 19.0 Å². The molecule has 1 amide bonds. The van der Waals surface area contributed by atoms with Crippen LogP contribution in [0.5, 0.6) is 17.2 Å². The minimum atomic E-state index is -0.282. The number of benzene rings is 1. The first-order chi connectivity index (χ1) is 15.0. The Labute approximate surface area is 183 Å². The topological polar surface area (TPSA) is 87.5 Å². The maximum atomic E-state index is 13.4. The van der Waals surface area contributed by atoms with E-state index in [1.165, 1.54) is 21.3 Å². The predicted octanol–water partition coefficient (Wildman–Crippen LogP) is 4.28. The number of methoxy groups -OCH3 is 3. The van der Waals surface area contributed by atoms with Crippen molar-refractivity contribution in [1.29, 1.82) is 0 Å². The quantitative estimate of drug-likeness (QED) is 0.483. The number of rotatable bonds is 6. The molecule has 0 saturated heterocycles. The summed E-state index contributed by atoms with van der Waals surface area (Å²) in [4.78, 5) is 19.1. The molecule has 0 saturated carbocycles. The van der Waals surface area contributed by atoms with Gasteiger partial charge in [-0.05, 0) is 24.4 Å². The zero-order chi connectivity index (χ0) is 22.1. The highest BCUT2D eigenvalue weighted by atomic mass is 32.1. The van der Waals surface area contributed by atoms with Gasteiger partial charge < -0.3 is 19.5 Å². The summed E-state index contributed by atoms with van der Waals surface area (Å²) >= 11 is 1.56. The Morgan fingerprint density at radius 3 is 2.39 bits per heavy atom. The number of nitrogens with zero attached hydrogens (tertiary/aromatic N) is 3. The lowest BCUT2D eigenvalue weighted by Crippen LogP contribution is -2.13. The van der Waals surface area contributed by atoms with E-state index in [1.807, 2.05) is 31.5 Å². The van der Waals surface area contributed by atoms with E-state index in [9.17, 15) is 4.79 Å². The van der Waals surface area contributed by atoms with Gasteiger partial charge in [-0.15, -0.1) is 11.3 Å². The SMILES string of the molecule is COc1cc(NC(=O)c2cc(-c3cccs3)nc3c2c(C)nn3C)cc(OC)c1OC. The first-order valence-corrected chi connectivity index (χ1v) is 10.3. The maximum Gasteiger partial charge on any atom is 0.256 e. The van der Waals surface area contributed by atoms with Gasteiger partial charge in [-0.1, -0.05) is 6.07 Å². The van der Waals surface area contributed by atoms with Crippen molar-refractivity contribution in [2.24, 2.45) is 7.05 Å². The van der Waals surface area contributed by atoms with Crippen molar-refractivity contribution in [1.82, 2.24) is 14.8 Å². The van der Waals surface area contributed by atoms with Crippen molar-refractivity contribution in [2.45, 2.75) is 6.92 Å². The van der Waals surface area contributed by atoms with Crippen molar-refractivity contribution >= 4 is 34.0 Å². The fourth-order valence-electron chi connectivity index (χ4n) is 3.53. The molecule has 8 nitrogen and oxygen atoms in total. The van der Waals surface area contributed by atoms with Gasteiger partial charge >= 0.3 is 0 Å². The van der Waals surface area contributed by atoms with E-state index < -0.39 is 0 Å². The molecule has 0 aliphatic rings. The molecule has 0 aliphatic heterocycles. The van der Waals surface area contributed by atoms with Gasteiger partial charge in [0, 0.05) is 24.9 Å². The molecule has 4 rings (SSSR count). The van der Waals surface area contributed by atoms with Crippen LogP contribution < -0.4 is 19.5 Å². The van der Waals surface area contributed by atoms with E-state index in [0.717, 1.165) is 16.3 Å². The summed E-state index contributed by atoms with van der Waals surface area (Å²) in [5.74, 6) is 1.08. The lowest BCUT2D eigenvalue weighted by molar-refractivity contribution is 0.102. The molecular weight excluding hydrogens is 416 g/mol. The van der Waals surface area contributed by atoms with E-state index in [2.05, 4.69) is 10.4 Å². The number of thiophene rings is 1. The molecule has 0 aliphatic carbocycles. The summed E-state index contributed by atoms with van der Waals surface area (Å²) in [5, 5.41) is 10.1. The summed E-state index contributed by atoms with van der Waals surface area (Å²) in [6.45, 7) is 1.87. The fraction of sp³-hybridized carbons (Fsp3) is 0.227. The number of amides is 1. The number of nitrogens with one attached hydrogen (secondary N) is 1. The van der Waals surface area contributed by atoms with Crippen LogP contribution in [0.4, 0.5) is 5.69 Å². The average Bonchev–Trinajstić information content (AvgIpc) is 3.41. The molecule has 1 aromatic carbocycles. The van der Waals surface area contributed by atoms with Crippen LogP contribution in [0.3, 0.4) is 0 Å². The number of carbonyl (C=O) groups is 1. The van der Waals surface area contributed by atoms with Crippen LogP contribution in [0.15, 0.2) is 35.7 Å². The fourth-order valence-corrected chi connectivity index (χ4v) is 4.21. The Morgan fingerprint density at radius 2 is 1.81 bits per heavy atom. The molecule has 9 heteroatoms. The molecule has 3 heterocycles. The van der Waals surface area contributed by atoms with Crippen LogP contribution in [0.25, 0.3) is 21.6 Å². The van der Waals surface area contributed by atoms with Crippen LogP contribution in [0, 0.1) is 6.92 Å². The molecule has 1 N–H and O–H groups in total. The highest BCUT2D eigenvalue weighted by Crippen LogP contribution is 2.40. The maximum absolute atomic E-state index is 13.4. The molecule has 160 valence electrons. The molecule has 0 unspecified atom stereocenters. The number of pyridine rings is 1. The summed E-state index contributed by atoms with van der Waals surface area (Å²) in [6, 6.07) is 9.11. The van der Waals surface area contributed by atoms with Crippen LogP contribution in [-0.2, 0) is 7.05 Å². The van der Waals surface area contributed by atoms with Crippen molar-refractivity contribution in [3.05, 3.63) is 47.0 Å². The van der Waals surface area contributed by atoms with Crippen LogP contribution in [0.2, 0.25) is 0 Å². The number of anilines is 1. The van der Waals surface area contributed by atoms with Gasteiger partial charge in [0.25, 0.3) is 5.91 Å². The third-order valence-electron chi connectivity index (χ3n) is 4.91. The van der Waals surface area contributed by atoms with Crippen molar-refractivity contribution in [2.75, 3.05) is 26.6 Å². The van der Waals surface area contributed by atoms with Gasteiger partial charge in [0.05, 0.1) is 48.5 Å². The average molecular weight is 439 g/mol. The molecular formula is C22H22N4O4S. The van der Waals surface area contributed by atoms with E-state index in [0.29, 0.717) is 39.5 Å². The van der Waals surface area contributed by atoms with Gasteiger partial charge in [-0.3, -0.25) is 9.48 Å². The zero-order valence-electron chi connectivity index (χ0n) is 17.8. The monoisotopic (exact) mass is 438 g/mol. The molecule has 31 heavy (non-hydrogen) atoms. The number of aromatic nitrogens is 3. The smallest absolute Gasteiger partial charge is 0.256 e. The van der Waals surface area contributed by atoms with Gasteiger partial charge in [-0.2, -0.15) is 5.10 Å². The summed E-state index contributed by atoms with van der Waals surface area (Å²) in [7, 11) is 6.41. The Kier molecular flexibility index (Phi) is 5.51. The highest BCUT2D eigenvalue weighted by molar-refractivity contribution is 7.13. The molecule has 4 aromatic rings. The minimum Gasteiger partial charge on any atom is -0.493 e. The first-order valence-electron chi connectivity index (χ1n) is 9.46. The molecule has 3 aromatic heterocycles. The largest absolute Gasteiger partial charge is 0.493 e. The Morgan fingerprint density at radius 1 is 1.10 bits per heavy atom. The second-order valence-corrected chi connectivity index (χ2v) is 7.76. The van der Waals surface area contributed by atoms with Crippen molar-refractivity contribution in [3.8, 4) is 27.8 Å². The number of carbonyl (C=O) groups excluding carboxylic acids is 1. The minimum absolute atomic E-state index is 0.282.